The first-order valence-corrected chi connectivity index (χ1v) is 12.0. The molecule has 5 rings (SSSR count). The summed E-state index contributed by atoms with van der Waals surface area (Å²) in [7, 11) is 0. The second-order valence-electron chi connectivity index (χ2n) is 8.88. The van der Waals surface area contributed by atoms with Crippen LogP contribution in [0.25, 0.3) is 5.57 Å². The Morgan fingerprint density at radius 2 is 1.29 bits per heavy atom. The van der Waals surface area contributed by atoms with Crippen LogP contribution in [0.5, 0.6) is 17.2 Å². The highest BCUT2D eigenvalue weighted by Gasteiger charge is 2.35. The molecule has 188 valence electrons. The summed E-state index contributed by atoms with van der Waals surface area (Å²) in [6.07, 6.45) is 6.43. The van der Waals surface area contributed by atoms with Gasteiger partial charge in [-0.1, -0.05) is 66.7 Å². The maximum atomic E-state index is 11.5. The van der Waals surface area contributed by atoms with Crippen LogP contribution >= 0.6 is 0 Å². The summed E-state index contributed by atoms with van der Waals surface area (Å²) in [5.74, 6) is -0.583. The zero-order valence-corrected chi connectivity index (χ0v) is 20.3. The first-order chi connectivity index (χ1) is 18.4. The van der Waals surface area contributed by atoms with E-state index >= 15 is 0 Å². The second-order valence-corrected chi connectivity index (χ2v) is 8.88. The topological polar surface area (TPSA) is 93.1 Å². The summed E-state index contributed by atoms with van der Waals surface area (Å²) < 4.78 is 12.5. The van der Waals surface area contributed by atoms with Crippen LogP contribution < -0.4 is 9.47 Å². The Balaban J connectivity index is 1.46. The fourth-order valence-corrected chi connectivity index (χ4v) is 4.46. The van der Waals surface area contributed by atoms with E-state index in [0.717, 1.165) is 16.7 Å². The molecule has 1 atom stereocenters. The molecule has 6 nitrogen and oxygen atoms in total. The predicted octanol–water partition coefficient (Wildman–Crippen LogP) is 7.19. The SMILES string of the molecule is O=C(O)c1cccc(Oc2cccc(C3=CC=CC(Oc4cccc(C(=O)O)c4)(c4ccccc4)C3)c2)c1. The Bertz CT molecular complexity index is 1550. The average Bonchev–Trinajstić information content (AvgIpc) is 2.94. The number of carboxylic acids is 2. The van der Waals surface area contributed by atoms with Crippen molar-refractivity contribution in [1.82, 2.24) is 0 Å². The van der Waals surface area contributed by atoms with Crippen molar-refractivity contribution in [1.29, 1.82) is 0 Å². The molecule has 6 heteroatoms. The van der Waals surface area contributed by atoms with E-state index in [-0.39, 0.29) is 11.1 Å². The Labute approximate surface area is 219 Å². The van der Waals surface area contributed by atoms with E-state index in [1.165, 1.54) is 24.3 Å². The van der Waals surface area contributed by atoms with Gasteiger partial charge in [0, 0.05) is 6.42 Å². The van der Waals surface area contributed by atoms with Crippen LogP contribution in [0, 0.1) is 0 Å². The summed E-state index contributed by atoms with van der Waals surface area (Å²) in [4.78, 5) is 22.8. The Hall–Kier alpha value is -5.10. The molecule has 0 saturated heterocycles. The van der Waals surface area contributed by atoms with Crippen molar-refractivity contribution >= 4 is 17.5 Å². The zero-order chi connectivity index (χ0) is 26.5. The highest BCUT2D eigenvalue weighted by Crippen LogP contribution is 2.41. The van der Waals surface area contributed by atoms with Crippen LogP contribution in [-0.4, -0.2) is 22.2 Å². The lowest BCUT2D eigenvalue weighted by Crippen LogP contribution is -2.32. The van der Waals surface area contributed by atoms with Gasteiger partial charge in [0.2, 0.25) is 0 Å². The van der Waals surface area contributed by atoms with E-state index in [9.17, 15) is 19.8 Å². The molecule has 4 aromatic carbocycles. The summed E-state index contributed by atoms with van der Waals surface area (Å²) in [5.41, 5.74) is 2.28. The van der Waals surface area contributed by atoms with Crippen LogP contribution in [0.15, 0.2) is 121 Å². The van der Waals surface area contributed by atoms with Gasteiger partial charge in [-0.2, -0.15) is 0 Å². The molecule has 1 aliphatic carbocycles. The van der Waals surface area contributed by atoms with Gasteiger partial charge in [-0.05, 0) is 71.3 Å². The number of hydrogen-bond acceptors (Lipinski definition) is 4. The monoisotopic (exact) mass is 504 g/mol. The molecular formula is C32H24O6. The fourth-order valence-electron chi connectivity index (χ4n) is 4.46. The van der Waals surface area contributed by atoms with E-state index in [4.69, 9.17) is 9.47 Å². The van der Waals surface area contributed by atoms with Gasteiger partial charge in [-0.25, -0.2) is 9.59 Å². The highest BCUT2D eigenvalue weighted by atomic mass is 16.5. The minimum absolute atomic E-state index is 0.149. The number of carbonyl (C=O) groups is 2. The minimum atomic E-state index is -1.02. The molecule has 0 heterocycles. The molecule has 4 aromatic rings. The fraction of sp³-hybridized carbons (Fsp3) is 0.0625. The van der Waals surface area contributed by atoms with Crippen LogP contribution in [0.1, 0.15) is 38.3 Å². The van der Waals surface area contributed by atoms with E-state index in [2.05, 4.69) is 0 Å². The molecule has 0 bridgehead atoms. The van der Waals surface area contributed by atoms with Gasteiger partial charge in [0.25, 0.3) is 0 Å². The summed E-state index contributed by atoms with van der Waals surface area (Å²) in [6, 6.07) is 30.2. The molecule has 0 fully saturated rings. The Morgan fingerprint density at radius 3 is 1.97 bits per heavy atom. The quantitative estimate of drug-likeness (QED) is 0.264. The molecular weight excluding hydrogens is 480 g/mol. The molecule has 0 radical (unpaired) electrons. The predicted molar refractivity (Wildman–Crippen MR) is 144 cm³/mol. The Kier molecular flexibility index (Phi) is 6.78. The van der Waals surface area contributed by atoms with E-state index in [1.54, 1.807) is 24.3 Å². The molecule has 0 spiro atoms. The molecule has 0 aliphatic heterocycles. The summed E-state index contributed by atoms with van der Waals surface area (Å²) in [5, 5.41) is 18.7. The lowest BCUT2D eigenvalue weighted by Gasteiger charge is -2.35. The molecule has 1 aliphatic rings. The van der Waals surface area contributed by atoms with Crippen LogP contribution in [-0.2, 0) is 5.60 Å². The van der Waals surface area contributed by atoms with Crippen LogP contribution in [0.4, 0.5) is 0 Å². The third-order valence-electron chi connectivity index (χ3n) is 6.28. The van der Waals surface area contributed by atoms with Crippen molar-refractivity contribution in [3.05, 3.63) is 144 Å². The van der Waals surface area contributed by atoms with Crippen molar-refractivity contribution in [2.45, 2.75) is 12.0 Å². The number of ether oxygens (including phenoxy) is 2. The zero-order valence-electron chi connectivity index (χ0n) is 20.3. The van der Waals surface area contributed by atoms with Gasteiger partial charge in [-0.15, -0.1) is 0 Å². The number of allylic oxidation sites excluding steroid dienone is 2. The average molecular weight is 505 g/mol. The largest absolute Gasteiger partial charge is 0.478 e. The molecule has 2 N–H and O–H groups in total. The maximum Gasteiger partial charge on any atom is 0.335 e. The van der Waals surface area contributed by atoms with Crippen molar-refractivity contribution in [3.8, 4) is 17.2 Å². The Morgan fingerprint density at radius 1 is 0.684 bits per heavy atom. The maximum absolute atomic E-state index is 11.5. The van der Waals surface area contributed by atoms with E-state index in [0.29, 0.717) is 23.7 Å². The summed E-state index contributed by atoms with van der Waals surface area (Å²) >= 11 is 0. The van der Waals surface area contributed by atoms with Gasteiger partial charge in [-0.3, -0.25) is 0 Å². The number of rotatable bonds is 8. The summed E-state index contributed by atoms with van der Waals surface area (Å²) in [6.45, 7) is 0. The van der Waals surface area contributed by atoms with Gasteiger partial charge in [0.05, 0.1) is 11.1 Å². The van der Waals surface area contributed by atoms with Crippen molar-refractivity contribution in [2.24, 2.45) is 0 Å². The smallest absolute Gasteiger partial charge is 0.335 e. The highest BCUT2D eigenvalue weighted by molar-refractivity contribution is 5.88. The van der Waals surface area contributed by atoms with E-state index < -0.39 is 17.5 Å². The number of aromatic carboxylic acids is 2. The normalized spacial score (nSPS) is 16.4. The van der Waals surface area contributed by atoms with Crippen molar-refractivity contribution in [3.63, 3.8) is 0 Å². The van der Waals surface area contributed by atoms with Crippen LogP contribution in [0.2, 0.25) is 0 Å². The van der Waals surface area contributed by atoms with Crippen molar-refractivity contribution in [2.75, 3.05) is 0 Å². The lowest BCUT2D eigenvalue weighted by molar-refractivity contribution is 0.0685. The molecule has 0 saturated carbocycles. The third kappa shape index (κ3) is 5.34. The number of hydrogen-bond donors (Lipinski definition) is 2. The number of carboxylic acid groups (broad SMARTS) is 2. The molecule has 38 heavy (non-hydrogen) atoms. The third-order valence-corrected chi connectivity index (χ3v) is 6.28. The number of benzene rings is 4. The molecule has 1 unspecified atom stereocenters. The standard InChI is InChI=1S/C32H24O6/c33-30(34)23-9-5-15-28(19-23)37-27-14-4-8-22(18-27)25-11-7-17-32(21-25,26-12-2-1-3-13-26)38-29-16-6-10-24(20-29)31(35)36/h1-20H,21H2,(H,33,34)(H,35,36). The lowest BCUT2D eigenvalue weighted by atomic mass is 9.81. The molecule has 0 aromatic heterocycles. The van der Waals surface area contributed by atoms with Crippen molar-refractivity contribution < 1.29 is 29.3 Å². The minimum Gasteiger partial charge on any atom is -0.478 e. The first-order valence-electron chi connectivity index (χ1n) is 12.0. The van der Waals surface area contributed by atoms with E-state index in [1.807, 2.05) is 72.8 Å². The van der Waals surface area contributed by atoms with Crippen LogP contribution in [0.3, 0.4) is 0 Å². The first kappa shape index (κ1) is 24.6. The second kappa shape index (κ2) is 10.5. The van der Waals surface area contributed by atoms with Gasteiger partial charge in [0.15, 0.2) is 5.60 Å². The van der Waals surface area contributed by atoms with Gasteiger partial charge in [0.1, 0.15) is 17.2 Å². The van der Waals surface area contributed by atoms with Gasteiger partial charge >= 0.3 is 11.9 Å². The molecule has 0 amide bonds. The van der Waals surface area contributed by atoms with Gasteiger partial charge < -0.3 is 19.7 Å².